The molecule has 0 aliphatic rings. The van der Waals surface area contributed by atoms with Gasteiger partial charge < -0.3 is 10.5 Å². The number of sulfonamides is 1. The maximum absolute atomic E-state index is 11.7. The lowest BCUT2D eigenvalue weighted by molar-refractivity contribution is 0.481. The minimum Gasteiger partial charge on any atom is -0.456 e. The molecule has 0 atom stereocenters. The minimum atomic E-state index is -3.61. The maximum Gasteiger partial charge on any atom is 0.242 e. The molecule has 2 aromatic rings. The van der Waals surface area contributed by atoms with E-state index >= 15 is 0 Å². The molecule has 0 aromatic heterocycles. The van der Waals surface area contributed by atoms with Crippen molar-refractivity contribution in [1.29, 1.82) is 5.26 Å². The summed E-state index contributed by atoms with van der Waals surface area (Å²) < 4.78 is 31.2. The molecule has 0 spiro atoms. The van der Waals surface area contributed by atoms with E-state index in [1.807, 2.05) is 6.07 Å². The summed E-state index contributed by atoms with van der Waals surface area (Å²) in [4.78, 5) is -0.0223. The number of anilines is 1. The Morgan fingerprint density at radius 2 is 1.95 bits per heavy atom. The van der Waals surface area contributed by atoms with Gasteiger partial charge in [-0.2, -0.15) is 5.26 Å². The second-order valence-electron chi connectivity index (χ2n) is 4.12. The summed E-state index contributed by atoms with van der Waals surface area (Å²) in [6, 6.07) is 13.0. The van der Waals surface area contributed by atoms with E-state index in [4.69, 9.17) is 15.7 Å². The summed E-state index contributed by atoms with van der Waals surface area (Å²) in [5, 5.41) is 8.99. The third-order valence-corrected chi connectivity index (χ3v) is 4.26. The molecule has 0 bridgehead atoms. The van der Waals surface area contributed by atoms with Gasteiger partial charge in [0.05, 0.1) is 11.3 Å². The van der Waals surface area contributed by atoms with Crippen molar-refractivity contribution in [2.75, 3.05) is 12.8 Å². The van der Waals surface area contributed by atoms with Gasteiger partial charge in [-0.1, -0.05) is 12.1 Å². The summed E-state index contributed by atoms with van der Waals surface area (Å²) in [6.07, 6.45) is 0. The van der Waals surface area contributed by atoms with Gasteiger partial charge >= 0.3 is 0 Å². The van der Waals surface area contributed by atoms with Crippen LogP contribution < -0.4 is 15.2 Å². The Morgan fingerprint density at radius 1 is 1.24 bits per heavy atom. The zero-order valence-electron chi connectivity index (χ0n) is 11.2. The first kappa shape index (κ1) is 14.8. The molecule has 21 heavy (non-hydrogen) atoms. The number of benzene rings is 2. The zero-order chi connectivity index (χ0) is 15.5. The van der Waals surface area contributed by atoms with Gasteiger partial charge in [0.1, 0.15) is 22.5 Å². The summed E-state index contributed by atoms with van der Waals surface area (Å²) in [7, 11) is -2.31. The molecular formula is C14H13N3O3S. The number of nitrogens with zero attached hydrogens (tertiary/aromatic N) is 1. The fraction of sp³-hybridized carbons (Fsp3) is 0.0714. The molecule has 0 unspecified atom stereocenters. The molecule has 0 amide bonds. The van der Waals surface area contributed by atoms with E-state index in [0.29, 0.717) is 17.1 Å². The fourth-order valence-corrected chi connectivity index (χ4v) is 2.56. The standard InChI is InChI=1S/C14H13N3O3S/c1-17-21(18,19)14-7-6-11(8-12(14)16)20-13-5-3-2-4-10(13)9-15/h2-8,17H,16H2,1H3. The highest BCUT2D eigenvalue weighted by Crippen LogP contribution is 2.29. The van der Waals surface area contributed by atoms with Crippen molar-refractivity contribution in [3.05, 3.63) is 48.0 Å². The zero-order valence-corrected chi connectivity index (χ0v) is 12.0. The molecule has 0 saturated carbocycles. The van der Waals surface area contributed by atoms with E-state index in [0.717, 1.165) is 0 Å². The highest BCUT2D eigenvalue weighted by Gasteiger charge is 2.16. The van der Waals surface area contributed by atoms with E-state index in [9.17, 15) is 8.42 Å². The van der Waals surface area contributed by atoms with Crippen LogP contribution in [0.2, 0.25) is 0 Å². The van der Waals surface area contributed by atoms with Gasteiger partial charge in [0.15, 0.2) is 0 Å². The molecule has 0 radical (unpaired) electrons. The topological polar surface area (TPSA) is 105 Å². The lowest BCUT2D eigenvalue weighted by Gasteiger charge is -2.10. The SMILES string of the molecule is CNS(=O)(=O)c1ccc(Oc2ccccc2C#N)cc1N. The highest BCUT2D eigenvalue weighted by molar-refractivity contribution is 7.89. The van der Waals surface area contributed by atoms with Crippen molar-refractivity contribution in [2.45, 2.75) is 4.90 Å². The predicted octanol–water partition coefficient (Wildman–Crippen LogP) is 1.84. The summed E-state index contributed by atoms with van der Waals surface area (Å²) in [5.41, 5.74) is 6.19. The van der Waals surface area contributed by atoms with Crippen molar-refractivity contribution in [1.82, 2.24) is 4.72 Å². The molecule has 2 rings (SSSR count). The average Bonchev–Trinajstić information content (AvgIpc) is 2.47. The molecule has 0 saturated heterocycles. The molecule has 0 aliphatic carbocycles. The van der Waals surface area contributed by atoms with Crippen molar-refractivity contribution >= 4 is 15.7 Å². The van der Waals surface area contributed by atoms with Crippen LogP contribution in [0.1, 0.15) is 5.56 Å². The smallest absolute Gasteiger partial charge is 0.242 e. The summed E-state index contributed by atoms with van der Waals surface area (Å²) >= 11 is 0. The Balaban J connectivity index is 2.36. The summed E-state index contributed by atoms with van der Waals surface area (Å²) in [5.74, 6) is 0.730. The predicted molar refractivity (Wildman–Crippen MR) is 78.3 cm³/mol. The van der Waals surface area contributed by atoms with Crippen LogP contribution in [-0.4, -0.2) is 15.5 Å². The second kappa shape index (κ2) is 5.83. The van der Waals surface area contributed by atoms with E-state index in [2.05, 4.69) is 4.72 Å². The number of hydrogen-bond donors (Lipinski definition) is 2. The Kier molecular flexibility index (Phi) is 4.12. The van der Waals surface area contributed by atoms with Crippen LogP contribution in [0.15, 0.2) is 47.4 Å². The monoisotopic (exact) mass is 303 g/mol. The quantitative estimate of drug-likeness (QED) is 0.838. The van der Waals surface area contributed by atoms with E-state index in [1.54, 1.807) is 24.3 Å². The first-order chi connectivity index (χ1) is 9.97. The number of para-hydroxylation sites is 1. The maximum atomic E-state index is 11.7. The number of rotatable bonds is 4. The van der Waals surface area contributed by atoms with Crippen LogP contribution in [0.5, 0.6) is 11.5 Å². The van der Waals surface area contributed by atoms with Crippen LogP contribution in [0.3, 0.4) is 0 Å². The second-order valence-corrected chi connectivity index (χ2v) is 5.97. The van der Waals surface area contributed by atoms with Gasteiger partial charge in [-0.15, -0.1) is 0 Å². The van der Waals surface area contributed by atoms with Gasteiger partial charge in [0, 0.05) is 6.07 Å². The fourth-order valence-electron chi connectivity index (χ4n) is 1.72. The molecule has 6 nitrogen and oxygen atoms in total. The van der Waals surface area contributed by atoms with Crippen LogP contribution in [-0.2, 0) is 10.0 Å². The van der Waals surface area contributed by atoms with Crippen LogP contribution >= 0.6 is 0 Å². The normalized spacial score (nSPS) is 10.9. The van der Waals surface area contributed by atoms with Crippen LogP contribution in [0.25, 0.3) is 0 Å². The van der Waals surface area contributed by atoms with Gasteiger partial charge in [-0.05, 0) is 31.3 Å². The van der Waals surface area contributed by atoms with Crippen LogP contribution in [0, 0.1) is 11.3 Å². The van der Waals surface area contributed by atoms with E-state index < -0.39 is 10.0 Å². The highest BCUT2D eigenvalue weighted by atomic mass is 32.2. The first-order valence-electron chi connectivity index (χ1n) is 5.98. The molecular weight excluding hydrogens is 290 g/mol. The number of ether oxygens (including phenoxy) is 1. The number of hydrogen-bond acceptors (Lipinski definition) is 5. The number of nitrogen functional groups attached to an aromatic ring is 1. The Bertz CT molecular complexity index is 810. The average molecular weight is 303 g/mol. The Morgan fingerprint density at radius 3 is 2.57 bits per heavy atom. The Hall–Kier alpha value is -2.56. The third-order valence-electron chi connectivity index (χ3n) is 2.77. The van der Waals surface area contributed by atoms with Crippen molar-refractivity contribution < 1.29 is 13.2 Å². The van der Waals surface area contributed by atoms with Crippen molar-refractivity contribution in [3.63, 3.8) is 0 Å². The molecule has 108 valence electrons. The molecule has 0 heterocycles. The van der Waals surface area contributed by atoms with E-state index in [1.165, 1.54) is 25.2 Å². The molecule has 0 fully saturated rings. The van der Waals surface area contributed by atoms with Gasteiger partial charge in [-0.3, -0.25) is 0 Å². The third kappa shape index (κ3) is 3.13. The Labute approximate surface area is 122 Å². The molecule has 0 aliphatic heterocycles. The molecule has 7 heteroatoms. The lowest BCUT2D eigenvalue weighted by Crippen LogP contribution is -2.19. The largest absolute Gasteiger partial charge is 0.456 e. The molecule has 2 aromatic carbocycles. The van der Waals surface area contributed by atoms with Crippen LogP contribution in [0.4, 0.5) is 5.69 Å². The summed E-state index contributed by atoms with van der Waals surface area (Å²) in [6.45, 7) is 0. The first-order valence-corrected chi connectivity index (χ1v) is 7.46. The van der Waals surface area contributed by atoms with Gasteiger partial charge in [-0.25, -0.2) is 13.1 Å². The number of nitrogens with one attached hydrogen (secondary N) is 1. The lowest BCUT2D eigenvalue weighted by atomic mass is 10.2. The molecule has 3 N–H and O–H groups in total. The van der Waals surface area contributed by atoms with Crippen molar-refractivity contribution in [2.24, 2.45) is 0 Å². The van der Waals surface area contributed by atoms with E-state index in [-0.39, 0.29) is 10.6 Å². The van der Waals surface area contributed by atoms with Gasteiger partial charge in [0.25, 0.3) is 0 Å². The number of nitriles is 1. The number of nitrogens with two attached hydrogens (primary N) is 1. The minimum absolute atomic E-state index is 0.0223. The van der Waals surface area contributed by atoms with Gasteiger partial charge in [0.2, 0.25) is 10.0 Å². The van der Waals surface area contributed by atoms with Crippen molar-refractivity contribution in [3.8, 4) is 17.6 Å².